The van der Waals surface area contributed by atoms with Gasteiger partial charge >= 0.3 is 0 Å². The minimum absolute atomic E-state index is 0.104. The molecule has 1 heterocycles. The molecule has 0 saturated carbocycles. The van der Waals surface area contributed by atoms with Crippen molar-refractivity contribution in [2.45, 2.75) is 6.43 Å². The van der Waals surface area contributed by atoms with Crippen molar-refractivity contribution in [3.63, 3.8) is 0 Å². The lowest BCUT2D eigenvalue weighted by atomic mass is 10.1. The SMILES string of the molecule is COc1ccc(C(=C[N+](=O)[O-])C(F)F)nc1-c1ccc(F)c(Cl)c1. The Kier molecular flexibility index (Phi) is 5.40. The third-order valence-corrected chi connectivity index (χ3v) is 3.34. The lowest BCUT2D eigenvalue weighted by Gasteiger charge is -2.11. The Morgan fingerprint density at radius 3 is 2.62 bits per heavy atom. The minimum Gasteiger partial charge on any atom is -0.494 e. The molecule has 0 atom stereocenters. The maximum absolute atomic E-state index is 13.3. The van der Waals surface area contributed by atoms with Crippen LogP contribution in [0.1, 0.15) is 5.69 Å². The fraction of sp³-hybridized carbons (Fsp3) is 0.133. The molecule has 1 aromatic heterocycles. The van der Waals surface area contributed by atoms with Crippen LogP contribution in [0.2, 0.25) is 5.02 Å². The fourth-order valence-corrected chi connectivity index (χ4v) is 2.15. The molecule has 0 amide bonds. The van der Waals surface area contributed by atoms with Crippen molar-refractivity contribution in [2.75, 3.05) is 7.11 Å². The first-order chi connectivity index (χ1) is 11.3. The number of aromatic nitrogens is 1. The first-order valence-electron chi connectivity index (χ1n) is 6.47. The van der Waals surface area contributed by atoms with Gasteiger partial charge in [0, 0.05) is 5.56 Å². The molecule has 1 aromatic carbocycles. The Labute approximate surface area is 139 Å². The van der Waals surface area contributed by atoms with Crippen molar-refractivity contribution in [3.05, 3.63) is 63.2 Å². The molecule has 0 unspecified atom stereocenters. The topological polar surface area (TPSA) is 65.3 Å². The smallest absolute Gasteiger partial charge is 0.271 e. The van der Waals surface area contributed by atoms with Gasteiger partial charge < -0.3 is 4.74 Å². The van der Waals surface area contributed by atoms with Gasteiger partial charge in [0.1, 0.15) is 22.8 Å². The van der Waals surface area contributed by atoms with E-state index in [0.717, 1.165) is 6.07 Å². The van der Waals surface area contributed by atoms with Crippen molar-refractivity contribution in [3.8, 4) is 17.0 Å². The van der Waals surface area contributed by atoms with Gasteiger partial charge in [-0.25, -0.2) is 18.2 Å². The number of rotatable bonds is 5. The number of hydrogen-bond donors (Lipinski definition) is 0. The van der Waals surface area contributed by atoms with Crippen LogP contribution >= 0.6 is 11.6 Å². The molecule has 2 aromatic rings. The summed E-state index contributed by atoms with van der Waals surface area (Å²) in [6, 6.07) is 6.20. The van der Waals surface area contributed by atoms with E-state index in [-0.39, 0.29) is 28.4 Å². The monoisotopic (exact) mass is 358 g/mol. The second-order valence-electron chi connectivity index (χ2n) is 4.55. The molecule has 2 rings (SSSR count). The molecule has 0 saturated heterocycles. The lowest BCUT2D eigenvalue weighted by Crippen LogP contribution is -2.04. The number of nitrogens with zero attached hydrogens (tertiary/aromatic N) is 2. The molecular weight excluding hydrogens is 349 g/mol. The third kappa shape index (κ3) is 3.83. The predicted octanol–water partition coefficient (Wildman–Crippen LogP) is 4.43. The number of nitro groups is 1. The Balaban J connectivity index is 2.63. The molecule has 0 aliphatic carbocycles. The van der Waals surface area contributed by atoms with Crippen LogP contribution in [0.5, 0.6) is 5.75 Å². The number of methoxy groups -OCH3 is 1. The zero-order valence-corrected chi connectivity index (χ0v) is 12.9. The van der Waals surface area contributed by atoms with Gasteiger partial charge in [0.25, 0.3) is 6.43 Å². The number of ether oxygens (including phenoxy) is 1. The maximum Gasteiger partial charge on any atom is 0.271 e. The van der Waals surface area contributed by atoms with Crippen LogP contribution in [0.3, 0.4) is 0 Å². The van der Waals surface area contributed by atoms with Gasteiger partial charge in [0.15, 0.2) is 0 Å². The van der Waals surface area contributed by atoms with Gasteiger partial charge in [-0.1, -0.05) is 11.6 Å². The van der Waals surface area contributed by atoms with Crippen LogP contribution in [-0.4, -0.2) is 23.4 Å². The van der Waals surface area contributed by atoms with Crippen LogP contribution in [0.4, 0.5) is 13.2 Å². The maximum atomic E-state index is 13.3. The van der Waals surface area contributed by atoms with Gasteiger partial charge in [-0.3, -0.25) is 10.1 Å². The van der Waals surface area contributed by atoms with Gasteiger partial charge in [0.05, 0.1) is 22.7 Å². The molecule has 0 bridgehead atoms. The molecule has 5 nitrogen and oxygen atoms in total. The van der Waals surface area contributed by atoms with E-state index in [1.165, 1.54) is 31.4 Å². The fourth-order valence-electron chi connectivity index (χ4n) is 1.97. The first-order valence-corrected chi connectivity index (χ1v) is 6.85. The molecule has 0 aliphatic heterocycles. The van der Waals surface area contributed by atoms with Gasteiger partial charge in [-0.2, -0.15) is 0 Å². The summed E-state index contributed by atoms with van der Waals surface area (Å²) in [5.41, 5.74) is -0.725. The minimum atomic E-state index is -3.10. The number of benzene rings is 1. The molecule has 0 N–H and O–H groups in total. The number of hydrogen-bond acceptors (Lipinski definition) is 4. The number of alkyl halides is 2. The highest BCUT2D eigenvalue weighted by molar-refractivity contribution is 6.31. The standard InChI is InChI=1S/C15H10ClF3N2O3/c1-24-13-5-4-12(9(15(18)19)7-21(22)23)20-14(13)8-2-3-11(17)10(16)6-8/h2-7,15H,1H3. The zero-order valence-electron chi connectivity index (χ0n) is 12.2. The normalized spacial score (nSPS) is 11.7. The van der Waals surface area contributed by atoms with Gasteiger partial charge in [-0.05, 0) is 30.3 Å². The number of pyridine rings is 1. The number of halogens is 4. The zero-order chi connectivity index (χ0) is 17.9. The summed E-state index contributed by atoms with van der Waals surface area (Å²) in [5.74, 6) is -0.437. The third-order valence-electron chi connectivity index (χ3n) is 3.05. The molecule has 0 spiro atoms. The van der Waals surface area contributed by atoms with E-state index in [0.29, 0.717) is 5.56 Å². The van der Waals surface area contributed by atoms with E-state index < -0.39 is 22.7 Å². The second kappa shape index (κ2) is 7.31. The second-order valence-corrected chi connectivity index (χ2v) is 4.95. The highest BCUT2D eigenvalue weighted by Crippen LogP contribution is 2.33. The van der Waals surface area contributed by atoms with Gasteiger partial charge in [0.2, 0.25) is 6.20 Å². The van der Waals surface area contributed by atoms with E-state index in [1.54, 1.807) is 0 Å². The summed E-state index contributed by atoms with van der Waals surface area (Å²) in [5, 5.41) is 10.3. The van der Waals surface area contributed by atoms with Crippen LogP contribution in [0.25, 0.3) is 16.8 Å². The van der Waals surface area contributed by atoms with Crippen molar-refractivity contribution < 1.29 is 22.8 Å². The average Bonchev–Trinajstić information content (AvgIpc) is 2.54. The van der Waals surface area contributed by atoms with Crippen LogP contribution in [0, 0.1) is 15.9 Å². The predicted molar refractivity (Wildman–Crippen MR) is 82.2 cm³/mol. The highest BCUT2D eigenvalue weighted by atomic mass is 35.5. The van der Waals surface area contributed by atoms with Crippen LogP contribution in [-0.2, 0) is 0 Å². The van der Waals surface area contributed by atoms with Crippen LogP contribution < -0.4 is 4.74 Å². The van der Waals surface area contributed by atoms with Crippen molar-refractivity contribution in [1.82, 2.24) is 4.98 Å². The quantitative estimate of drug-likeness (QED) is 0.585. The van der Waals surface area contributed by atoms with Crippen molar-refractivity contribution in [1.29, 1.82) is 0 Å². The van der Waals surface area contributed by atoms with E-state index in [1.807, 2.05) is 0 Å². The molecule has 0 aliphatic rings. The van der Waals surface area contributed by atoms with Crippen molar-refractivity contribution in [2.24, 2.45) is 0 Å². The molecule has 126 valence electrons. The van der Waals surface area contributed by atoms with Crippen molar-refractivity contribution >= 4 is 17.2 Å². The van der Waals surface area contributed by atoms with E-state index >= 15 is 0 Å². The summed E-state index contributed by atoms with van der Waals surface area (Å²) in [6.45, 7) is 0. The number of allylic oxidation sites excluding steroid dienone is 1. The Morgan fingerprint density at radius 2 is 2.08 bits per heavy atom. The van der Waals surface area contributed by atoms with E-state index in [9.17, 15) is 23.3 Å². The Bertz CT molecular complexity index is 813. The summed E-state index contributed by atoms with van der Waals surface area (Å²) in [7, 11) is 1.34. The Hall–Kier alpha value is -2.61. The van der Waals surface area contributed by atoms with E-state index in [2.05, 4.69) is 4.98 Å². The molecule has 0 fully saturated rings. The summed E-state index contributed by atoms with van der Waals surface area (Å²) in [6.07, 6.45) is -2.90. The summed E-state index contributed by atoms with van der Waals surface area (Å²) < 4.78 is 44.5. The highest BCUT2D eigenvalue weighted by Gasteiger charge is 2.21. The summed E-state index contributed by atoms with van der Waals surface area (Å²) >= 11 is 5.72. The van der Waals surface area contributed by atoms with Gasteiger partial charge in [-0.15, -0.1) is 0 Å². The largest absolute Gasteiger partial charge is 0.494 e. The van der Waals surface area contributed by atoms with Crippen LogP contribution in [0.15, 0.2) is 36.5 Å². The Morgan fingerprint density at radius 1 is 1.38 bits per heavy atom. The van der Waals surface area contributed by atoms with E-state index in [4.69, 9.17) is 16.3 Å². The average molecular weight is 359 g/mol. The molecule has 9 heteroatoms. The molecule has 24 heavy (non-hydrogen) atoms. The molecule has 0 radical (unpaired) electrons. The summed E-state index contributed by atoms with van der Waals surface area (Å²) in [4.78, 5) is 13.5. The lowest BCUT2D eigenvalue weighted by molar-refractivity contribution is -0.401. The molecular formula is C15H10ClF3N2O3. The first kappa shape index (κ1) is 17.7.